The highest BCUT2D eigenvalue weighted by molar-refractivity contribution is 7.99. The lowest BCUT2D eigenvalue weighted by atomic mass is 9.95. The summed E-state index contributed by atoms with van der Waals surface area (Å²) in [5, 5.41) is 0.618. The fraction of sp³-hybridized carbons (Fsp3) is 0.312. The number of aryl methyl sites for hydroxylation is 1. The lowest BCUT2D eigenvalue weighted by Gasteiger charge is -2.41. The van der Waals surface area contributed by atoms with Crippen molar-refractivity contribution in [1.82, 2.24) is 14.9 Å². The number of hydrogen-bond acceptors (Lipinski definition) is 4. The molecule has 4 nitrogen and oxygen atoms in total. The first-order chi connectivity index (χ1) is 10.6. The molecule has 0 unspecified atom stereocenters. The van der Waals surface area contributed by atoms with Gasteiger partial charge in [0, 0.05) is 18.4 Å². The Balaban J connectivity index is 1.59. The fourth-order valence-corrected chi connectivity index (χ4v) is 3.18. The number of likely N-dealkylation sites (tertiary alicyclic amines) is 1. The van der Waals surface area contributed by atoms with Crippen LogP contribution in [0.3, 0.4) is 0 Å². The molecule has 0 saturated carbocycles. The van der Waals surface area contributed by atoms with E-state index in [2.05, 4.69) is 9.97 Å². The zero-order chi connectivity index (χ0) is 15.5. The highest BCUT2D eigenvalue weighted by Crippen LogP contribution is 2.34. The smallest absolute Gasteiger partial charge is 0.233 e. The van der Waals surface area contributed by atoms with Gasteiger partial charge in [-0.25, -0.2) is 14.4 Å². The third-order valence-corrected chi connectivity index (χ3v) is 4.54. The van der Waals surface area contributed by atoms with Crippen LogP contribution >= 0.6 is 11.8 Å². The van der Waals surface area contributed by atoms with E-state index < -0.39 is 0 Å². The molecule has 114 valence electrons. The minimum Gasteiger partial charge on any atom is -0.335 e. The Morgan fingerprint density at radius 2 is 2.14 bits per heavy atom. The largest absolute Gasteiger partial charge is 0.335 e. The van der Waals surface area contributed by atoms with Gasteiger partial charge < -0.3 is 4.90 Å². The molecule has 6 heteroatoms. The summed E-state index contributed by atoms with van der Waals surface area (Å²) in [7, 11) is 0. The Morgan fingerprint density at radius 3 is 2.77 bits per heavy atom. The van der Waals surface area contributed by atoms with E-state index in [1.807, 2.05) is 17.9 Å². The number of thioether (sulfide) groups is 1. The van der Waals surface area contributed by atoms with E-state index in [-0.39, 0.29) is 17.8 Å². The second-order valence-electron chi connectivity index (χ2n) is 5.21. The van der Waals surface area contributed by atoms with Gasteiger partial charge in [-0.3, -0.25) is 4.79 Å². The molecule has 1 saturated heterocycles. The lowest BCUT2D eigenvalue weighted by molar-refractivity contribution is -0.136. The Bertz CT molecular complexity index is 677. The van der Waals surface area contributed by atoms with Crippen molar-refractivity contribution in [2.75, 3.05) is 12.3 Å². The normalized spacial score (nSPS) is 17.2. The third kappa shape index (κ3) is 3.27. The van der Waals surface area contributed by atoms with Crippen LogP contribution in [-0.4, -0.2) is 33.1 Å². The topological polar surface area (TPSA) is 46.1 Å². The van der Waals surface area contributed by atoms with Crippen LogP contribution < -0.4 is 0 Å². The van der Waals surface area contributed by atoms with Crippen molar-refractivity contribution in [1.29, 1.82) is 0 Å². The van der Waals surface area contributed by atoms with E-state index in [0.717, 1.165) is 24.2 Å². The number of carbonyl (C=O) groups excluding carboxylic acids is 1. The Hall–Kier alpha value is -1.95. The van der Waals surface area contributed by atoms with Crippen molar-refractivity contribution in [3.8, 4) is 0 Å². The highest BCUT2D eigenvalue weighted by Gasteiger charge is 2.33. The summed E-state index contributed by atoms with van der Waals surface area (Å²) in [6.45, 7) is 2.64. The summed E-state index contributed by atoms with van der Waals surface area (Å²) < 4.78 is 13.0. The summed E-state index contributed by atoms with van der Waals surface area (Å²) in [6.07, 6.45) is 2.61. The van der Waals surface area contributed by atoms with Crippen molar-refractivity contribution in [3.63, 3.8) is 0 Å². The van der Waals surface area contributed by atoms with Crippen LogP contribution in [-0.2, 0) is 4.79 Å². The molecule has 0 bridgehead atoms. The lowest BCUT2D eigenvalue weighted by Crippen LogP contribution is -2.46. The van der Waals surface area contributed by atoms with Crippen LogP contribution in [0.15, 0.2) is 41.7 Å². The summed E-state index contributed by atoms with van der Waals surface area (Å²) in [5.41, 5.74) is 1.87. The van der Waals surface area contributed by atoms with Gasteiger partial charge in [-0.2, -0.15) is 0 Å². The number of rotatable bonds is 4. The minimum absolute atomic E-state index is 0.0622. The van der Waals surface area contributed by atoms with Crippen molar-refractivity contribution in [3.05, 3.63) is 53.6 Å². The monoisotopic (exact) mass is 317 g/mol. The average molecular weight is 317 g/mol. The first-order valence-electron chi connectivity index (χ1n) is 7.11. The van der Waals surface area contributed by atoms with Gasteiger partial charge in [-0.15, -0.1) is 0 Å². The Kier molecular flexibility index (Phi) is 4.38. The molecule has 1 atom stereocenters. The number of nitrogens with zero attached hydrogens (tertiary/aromatic N) is 3. The molecule has 1 aromatic carbocycles. The van der Waals surface area contributed by atoms with Crippen molar-refractivity contribution in [2.24, 2.45) is 0 Å². The maximum absolute atomic E-state index is 13.0. The number of halogens is 1. The van der Waals surface area contributed by atoms with E-state index in [1.54, 1.807) is 18.3 Å². The quantitative estimate of drug-likeness (QED) is 0.642. The summed E-state index contributed by atoms with van der Waals surface area (Å²) in [4.78, 5) is 22.6. The van der Waals surface area contributed by atoms with Gasteiger partial charge in [-0.05, 0) is 37.1 Å². The molecule has 2 heterocycles. The van der Waals surface area contributed by atoms with E-state index in [4.69, 9.17) is 0 Å². The molecule has 0 N–H and O–H groups in total. The predicted octanol–water partition coefficient (Wildman–Crippen LogP) is 2.99. The second-order valence-corrected chi connectivity index (χ2v) is 6.15. The van der Waals surface area contributed by atoms with E-state index >= 15 is 0 Å². The molecule has 0 aliphatic carbocycles. The van der Waals surface area contributed by atoms with Crippen molar-refractivity contribution >= 4 is 17.7 Å². The number of aromatic nitrogens is 2. The summed E-state index contributed by atoms with van der Waals surface area (Å²) >= 11 is 1.35. The number of benzene rings is 1. The molecule has 1 fully saturated rings. The van der Waals surface area contributed by atoms with Gasteiger partial charge in [0.25, 0.3) is 0 Å². The second kappa shape index (κ2) is 6.44. The summed E-state index contributed by atoms with van der Waals surface area (Å²) in [5.74, 6) is 0.130. The number of carbonyl (C=O) groups is 1. The van der Waals surface area contributed by atoms with Crippen LogP contribution in [0.25, 0.3) is 0 Å². The van der Waals surface area contributed by atoms with E-state index in [9.17, 15) is 9.18 Å². The first kappa shape index (κ1) is 15.0. The highest BCUT2D eigenvalue weighted by atomic mass is 32.2. The molecule has 3 rings (SSSR count). The molecule has 1 amide bonds. The molecule has 2 aromatic rings. The molecule has 1 aliphatic heterocycles. The molecular formula is C16H16FN3OS. The van der Waals surface area contributed by atoms with Gasteiger partial charge in [0.1, 0.15) is 5.82 Å². The number of hydrogen-bond donors (Lipinski definition) is 0. The van der Waals surface area contributed by atoms with Gasteiger partial charge >= 0.3 is 0 Å². The molecule has 0 spiro atoms. The summed E-state index contributed by atoms with van der Waals surface area (Å²) in [6, 6.07) is 8.25. The Labute approximate surface area is 132 Å². The minimum atomic E-state index is -0.256. The number of amides is 1. The van der Waals surface area contributed by atoms with Crippen LogP contribution in [0, 0.1) is 12.7 Å². The molecule has 22 heavy (non-hydrogen) atoms. The molecule has 1 aliphatic rings. The average Bonchev–Trinajstić information content (AvgIpc) is 2.46. The van der Waals surface area contributed by atoms with Crippen LogP contribution in [0.4, 0.5) is 4.39 Å². The van der Waals surface area contributed by atoms with Gasteiger partial charge in [0.2, 0.25) is 5.91 Å². The standard InChI is InChI=1S/C16H16FN3OS/c1-11-6-8-18-16(19-11)22-10-15(21)20-9-7-14(20)12-2-4-13(17)5-3-12/h2-6,8,14H,7,9-10H2,1H3/t14-/m0/s1. The van der Waals surface area contributed by atoms with Crippen LogP contribution in [0.2, 0.25) is 0 Å². The Morgan fingerprint density at radius 1 is 1.36 bits per heavy atom. The van der Waals surface area contributed by atoms with Gasteiger partial charge in [-0.1, -0.05) is 23.9 Å². The maximum Gasteiger partial charge on any atom is 0.233 e. The zero-order valence-corrected chi connectivity index (χ0v) is 13.0. The van der Waals surface area contributed by atoms with E-state index in [1.165, 1.54) is 23.9 Å². The first-order valence-corrected chi connectivity index (χ1v) is 8.09. The van der Waals surface area contributed by atoms with Gasteiger partial charge in [0.05, 0.1) is 11.8 Å². The fourth-order valence-electron chi connectivity index (χ4n) is 2.42. The molecular weight excluding hydrogens is 301 g/mol. The van der Waals surface area contributed by atoms with Crippen molar-refractivity contribution in [2.45, 2.75) is 24.5 Å². The predicted molar refractivity (Wildman–Crippen MR) is 83.0 cm³/mol. The molecule has 0 radical (unpaired) electrons. The SMILES string of the molecule is Cc1ccnc(SCC(=O)N2CC[C@H]2c2ccc(F)cc2)n1. The third-order valence-electron chi connectivity index (χ3n) is 3.69. The van der Waals surface area contributed by atoms with Crippen LogP contribution in [0.5, 0.6) is 0 Å². The zero-order valence-electron chi connectivity index (χ0n) is 12.2. The molecule has 1 aromatic heterocycles. The van der Waals surface area contributed by atoms with E-state index in [0.29, 0.717) is 10.9 Å². The maximum atomic E-state index is 13.0. The van der Waals surface area contributed by atoms with Crippen LogP contribution in [0.1, 0.15) is 23.7 Å². The van der Waals surface area contributed by atoms with Gasteiger partial charge in [0.15, 0.2) is 5.16 Å². The van der Waals surface area contributed by atoms with Crippen molar-refractivity contribution < 1.29 is 9.18 Å².